The lowest BCUT2D eigenvalue weighted by atomic mass is 10.1. The summed E-state index contributed by atoms with van der Waals surface area (Å²) in [7, 11) is -4.73. The van der Waals surface area contributed by atoms with E-state index in [2.05, 4.69) is 36.6 Å². The summed E-state index contributed by atoms with van der Waals surface area (Å²) < 4.78 is 32.5. The number of carbonyl (C=O) groups excluding carboxylic acids is 2. The van der Waals surface area contributed by atoms with Gasteiger partial charge in [0, 0.05) is 12.8 Å². The minimum absolute atomic E-state index is 0.0606. The lowest BCUT2D eigenvalue weighted by Crippen LogP contribution is -2.34. The van der Waals surface area contributed by atoms with Gasteiger partial charge in [0.15, 0.2) is 6.10 Å². The minimum Gasteiger partial charge on any atom is -0.480 e. The van der Waals surface area contributed by atoms with E-state index in [1.165, 1.54) is 51.4 Å². The highest BCUT2D eigenvalue weighted by Crippen LogP contribution is 2.43. The Labute approximate surface area is 312 Å². The number of carbonyl (C=O) groups is 3. The molecule has 52 heavy (non-hydrogen) atoms. The normalized spacial score (nSPS) is 14.7. The number of rotatable bonds is 34. The van der Waals surface area contributed by atoms with Crippen LogP contribution in [0.5, 0.6) is 0 Å². The molecule has 12 heteroatoms. The van der Waals surface area contributed by atoms with Gasteiger partial charge >= 0.3 is 25.7 Å². The first-order valence-corrected chi connectivity index (χ1v) is 20.5. The van der Waals surface area contributed by atoms with Crippen LogP contribution < -0.4 is 5.73 Å². The summed E-state index contributed by atoms with van der Waals surface area (Å²) in [5, 5.41) is 8.85. The summed E-state index contributed by atoms with van der Waals surface area (Å²) in [5.74, 6) is -2.49. The standard InChI is InChI=1S/C40H66NO10P/c1-3-5-7-9-11-13-15-17-18-20-21-23-25-27-29-31-38(42)48-33-36(34-49-52(46,47)50-35-37(41)40(44)45)51-39(43)32-30-28-26-24-22-19-16-14-12-10-8-6-4-2/h6,8,10,12-16,19,22,24,26,36-37H,3-5,7,9,11,17-18,20-21,23,25,27-35,41H2,1-2H3,(H,44,45)(H,46,47)/b8-6+,12-10+,15-13+,16-14+,22-19+,26-24+/t36?,37-/m0/s1. The molecule has 3 atom stereocenters. The van der Waals surface area contributed by atoms with E-state index >= 15 is 0 Å². The van der Waals surface area contributed by atoms with Gasteiger partial charge < -0.3 is 25.2 Å². The van der Waals surface area contributed by atoms with Crippen molar-refractivity contribution in [2.45, 2.75) is 142 Å². The van der Waals surface area contributed by atoms with Crippen LogP contribution in [0.4, 0.5) is 0 Å². The van der Waals surface area contributed by atoms with Crippen LogP contribution in [0.15, 0.2) is 72.9 Å². The van der Waals surface area contributed by atoms with Crippen molar-refractivity contribution in [3.05, 3.63) is 72.9 Å². The molecule has 0 amide bonds. The number of phosphoric ester groups is 1. The van der Waals surface area contributed by atoms with Gasteiger partial charge in [-0.2, -0.15) is 0 Å². The molecule has 0 aromatic heterocycles. The molecule has 0 aromatic carbocycles. The molecule has 296 valence electrons. The van der Waals surface area contributed by atoms with Crippen molar-refractivity contribution in [1.82, 2.24) is 0 Å². The summed E-state index contributed by atoms with van der Waals surface area (Å²) >= 11 is 0. The number of aliphatic carboxylic acids is 1. The smallest absolute Gasteiger partial charge is 0.472 e. The molecule has 0 heterocycles. The number of unbranched alkanes of at least 4 members (excludes halogenated alkanes) is 12. The van der Waals surface area contributed by atoms with E-state index in [-0.39, 0.29) is 19.4 Å². The summed E-state index contributed by atoms with van der Waals surface area (Å²) in [6.45, 7) is 2.53. The van der Waals surface area contributed by atoms with Gasteiger partial charge in [-0.1, -0.05) is 138 Å². The summed E-state index contributed by atoms with van der Waals surface area (Å²) in [6, 6.07) is -1.54. The number of carboxylic acids is 1. The van der Waals surface area contributed by atoms with Gasteiger partial charge in [0.05, 0.1) is 13.2 Å². The molecular formula is C40H66NO10P. The molecule has 0 radical (unpaired) electrons. The number of phosphoric acid groups is 1. The van der Waals surface area contributed by atoms with Crippen LogP contribution in [0.2, 0.25) is 0 Å². The van der Waals surface area contributed by atoms with Gasteiger partial charge in [-0.05, 0) is 51.4 Å². The number of allylic oxidation sites excluding steroid dienone is 12. The largest absolute Gasteiger partial charge is 0.480 e. The number of hydrogen-bond acceptors (Lipinski definition) is 9. The summed E-state index contributed by atoms with van der Waals surface area (Å²) in [6.07, 6.45) is 39.9. The molecule has 0 fully saturated rings. The van der Waals surface area contributed by atoms with Crippen molar-refractivity contribution >= 4 is 25.7 Å². The minimum atomic E-state index is -4.73. The third kappa shape index (κ3) is 34.0. The van der Waals surface area contributed by atoms with Crippen LogP contribution in [0, 0.1) is 0 Å². The molecule has 2 unspecified atom stereocenters. The predicted molar refractivity (Wildman–Crippen MR) is 207 cm³/mol. The Morgan fingerprint density at radius 2 is 1.12 bits per heavy atom. The first-order valence-electron chi connectivity index (χ1n) is 19.0. The molecule has 0 rings (SSSR count). The fourth-order valence-electron chi connectivity index (χ4n) is 4.56. The van der Waals surface area contributed by atoms with Crippen molar-refractivity contribution in [3.63, 3.8) is 0 Å². The zero-order valence-corrected chi connectivity index (χ0v) is 32.5. The van der Waals surface area contributed by atoms with E-state index in [1.807, 2.05) is 54.7 Å². The van der Waals surface area contributed by atoms with Gasteiger partial charge in [0.2, 0.25) is 0 Å². The van der Waals surface area contributed by atoms with E-state index in [0.717, 1.165) is 32.1 Å². The van der Waals surface area contributed by atoms with E-state index < -0.39 is 51.1 Å². The van der Waals surface area contributed by atoms with Gasteiger partial charge in [0.1, 0.15) is 12.6 Å². The Bertz CT molecular complexity index is 1160. The maximum absolute atomic E-state index is 12.5. The van der Waals surface area contributed by atoms with E-state index in [0.29, 0.717) is 19.3 Å². The third-order valence-corrected chi connectivity index (χ3v) is 8.52. The fourth-order valence-corrected chi connectivity index (χ4v) is 5.34. The quantitative estimate of drug-likeness (QED) is 0.0188. The molecule has 0 saturated carbocycles. The molecule has 0 spiro atoms. The molecule has 4 N–H and O–H groups in total. The number of carboxylic acid groups (broad SMARTS) is 1. The number of hydrogen-bond donors (Lipinski definition) is 3. The summed E-state index contributed by atoms with van der Waals surface area (Å²) in [5.41, 5.74) is 5.31. The van der Waals surface area contributed by atoms with Crippen molar-refractivity contribution < 1.29 is 47.5 Å². The second-order valence-corrected chi connectivity index (χ2v) is 13.9. The average Bonchev–Trinajstić information content (AvgIpc) is 3.12. The van der Waals surface area contributed by atoms with E-state index in [9.17, 15) is 23.8 Å². The average molecular weight is 752 g/mol. The Morgan fingerprint density at radius 3 is 1.71 bits per heavy atom. The van der Waals surface area contributed by atoms with Gasteiger partial charge in [-0.15, -0.1) is 0 Å². The number of esters is 2. The zero-order chi connectivity index (χ0) is 38.5. The SMILES string of the molecule is CC/C=C/C=C/C=C/C=C/C=C/CCCC(=O)OC(COC(=O)CCCCCCCCC/C=C/CCCCCC)COP(=O)(O)OC[C@H](N)C(=O)O. The Kier molecular flexibility index (Phi) is 32.9. The second-order valence-electron chi connectivity index (χ2n) is 12.4. The molecular weight excluding hydrogens is 685 g/mol. The Balaban J connectivity index is 4.56. The monoisotopic (exact) mass is 751 g/mol. The fraction of sp³-hybridized carbons (Fsp3) is 0.625. The molecule has 0 aliphatic carbocycles. The topological polar surface area (TPSA) is 172 Å². The molecule has 0 aliphatic heterocycles. The second kappa shape index (κ2) is 35.0. The first-order chi connectivity index (χ1) is 25.1. The van der Waals surface area contributed by atoms with Crippen LogP contribution in [-0.4, -0.2) is 59.9 Å². The lowest BCUT2D eigenvalue weighted by Gasteiger charge is -2.20. The Hall–Kier alpha value is -3.08. The van der Waals surface area contributed by atoms with Crippen molar-refractivity contribution in [1.29, 1.82) is 0 Å². The maximum Gasteiger partial charge on any atom is 0.472 e. The predicted octanol–water partition coefficient (Wildman–Crippen LogP) is 9.39. The highest BCUT2D eigenvalue weighted by atomic mass is 31.2. The third-order valence-electron chi connectivity index (χ3n) is 7.57. The van der Waals surface area contributed by atoms with Gasteiger partial charge in [-0.3, -0.25) is 23.4 Å². The van der Waals surface area contributed by atoms with Crippen molar-refractivity contribution in [2.24, 2.45) is 5.73 Å². The lowest BCUT2D eigenvalue weighted by molar-refractivity contribution is -0.161. The molecule has 0 bridgehead atoms. The van der Waals surface area contributed by atoms with E-state index in [1.54, 1.807) is 0 Å². The van der Waals surface area contributed by atoms with Crippen LogP contribution in [0.1, 0.15) is 129 Å². The van der Waals surface area contributed by atoms with Gasteiger partial charge in [0.25, 0.3) is 0 Å². The van der Waals surface area contributed by atoms with Crippen molar-refractivity contribution in [2.75, 3.05) is 19.8 Å². The van der Waals surface area contributed by atoms with Crippen LogP contribution >= 0.6 is 7.82 Å². The van der Waals surface area contributed by atoms with Crippen LogP contribution in [0.3, 0.4) is 0 Å². The molecule has 11 nitrogen and oxygen atoms in total. The first kappa shape index (κ1) is 48.9. The number of ether oxygens (including phenoxy) is 2. The zero-order valence-electron chi connectivity index (χ0n) is 31.6. The van der Waals surface area contributed by atoms with Crippen LogP contribution in [-0.2, 0) is 37.5 Å². The van der Waals surface area contributed by atoms with Gasteiger partial charge in [-0.25, -0.2) is 4.57 Å². The summed E-state index contributed by atoms with van der Waals surface area (Å²) in [4.78, 5) is 45.7. The molecule has 0 saturated heterocycles. The maximum atomic E-state index is 12.5. The molecule has 0 aromatic rings. The number of nitrogens with two attached hydrogens (primary N) is 1. The Morgan fingerprint density at radius 1 is 0.615 bits per heavy atom. The molecule has 0 aliphatic rings. The van der Waals surface area contributed by atoms with Crippen molar-refractivity contribution in [3.8, 4) is 0 Å². The van der Waals surface area contributed by atoms with E-state index in [4.69, 9.17) is 24.8 Å². The van der Waals surface area contributed by atoms with Crippen LogP contribution in [0.25, 0.3) is 0 Å². The highest BCUT2D eigenvalue weighted by molar-refractivity contribution is 7.47. The highest BCUT2D eigenvalue weighted by Gasteiger charge is 2.28.